The van der Waals surface area contributed by atoms with Crippen molar-refractivity contribution >= 4 is 5.91 Å². The summed E-state index contributed by atoms with van der Waals surface area (Å²) in [6.45, 7) is 9.78. The largest absolute Gasteiger partial charge is 0.388 e. The van der Waals surface area contributed by atoms with Crippen LogP contribution in [-0.4, -0.2) is 41.1 Å². The monoisotopic (exact) mass is 310 g/mol. The van der Waals surface area contributed by atoms with Gasteiger partial charge in [0, 0.05) is 25.2 Å². The SMILES string of the molecule is CC(C)N(CCNC(=O)CC(O)c1cccc(F)c1)C(C)C. The Hall–Kier alpha value is -1.46. The van der Waals surface area contributed by atoms with Crippen molar-refractivity contribution in [2.24, 2.45) is 0 Å². The van der Waals surface area contributed by atoms with Gasteiger partial charge in [-0.1, -0.05) is 12.1 Å². The summed E-state index contributed by atoms with van der Waals surface area (Å²) < 4.78 is 13.1. The molecule has 22 heavy (non-hydrogen) atoms. The normalized spacial score (nSPS) is 13.0. The van der Waals surface area contributed by atoms with E-state index in [1.165, 1.54) is 18.2 Å². The molecule has 0 radical (unpaired) electrons. The Morgan fingerprint density at radius 1 is 1.27 bits per heavy atom. The maximum absolute atomic E-state index is 13.1. The third-order valence-electron chi connectivity index (χ3n) is 3.63. The summed E-state index contributed by atoms with van der Waals surface area (Å²) in [6.07, 6.45) is -1.05. The highest BCUT2D eigenvalue weighted by atomic mass is 19.1. The summed E-state index contributed by atoms with van der Waals surface area (Å²) in [6, 6.07) is 6.51. The number of amides is 1. The minimum absolute atomic E-state index is 0.0627. The molecule has 1 rings (SSSR count). The molecule has 124 valence electrons. The lowest BCUT2D eigenvalue weighted by atomic mass is 10.1. The molecule has 0 aliphatic rings. The van der Waals surface area contributed by atoms with Gasteiger partial charge >= 0.3 is 0 Å². The van der Waals surface area contributed by atoms with Crippen LogP contribution >= 0.6 is 0 Å². The van der Waals surface area contributed by atoms with Gasteiger partial charge in [0.25, 0.3) is 0 Å². The quantitative estimate of drug-likeness (QED) is 0.775. The van der Waals surface area contributed by atoms with Gasteiger partial charge in [-0.2, -0.15) is 0 Å². The van der Waals surface area contributed by atoms with Gasteiger partial charge in [-0.3, -0.25) is 9.69 Å². The number of rotatable bonds is 8. The van der Waals surface area contributed by atoms with Crippen LogP contribution < -0.4 is 5.32 Å². The van der Waals surface area contributed by atoms with Crippen LogP contribution in [0.3, 0.4) is 0 Å². The maximum atomic E-state index is 13.1. The molecule has 0 heterocycles. The second kappa shape index (κ2) is 8.86. The van der Waals surface area contributed by atoms with Crippen LogP contribution in [-0.2, 0) is 4.79 Å². The third kappa shape index (κ3) is 6.12. The Bertz CT molecular complexity index is 469. The lowest BCUT2D eigenvalue weighted by Crippen LogP contribution is -2.42. The Morgan fingerprint density at radius 2 is 1.91 bits per heavy atom. The molecule has 1 unspecified atom stereocenters. The fourth-order valence-electron chi connectivity index (χ4n) is 2.52. The van der Waals surface area contributed by atoms with Crippen molar-refractivity contribution in [3.8, 4) is 0 Å². The number of carbonyl (C=O) groups is 1. The molecule has 0 aliphatic heterocycles. The topological polar surface area (TPSA) is 52.6 Å². The number of hydrogen-bond donors (Lipinski definition) is 2. The Labute approximate surface area is 132 Å². The maximum Gasteiger partial charge on any atom is 0.223 e. The molecule has 0 saturated heterocycles. The van der Waals surface area contributed by atoms with Gasteiger partial charge < -0.3 is 10.4 Å². The summed E-state index contributed by atoms with van der Waals surface area (Å²) in [4.78, 5) is 14.1. The summed E-state index contributed by atoms with van der Waals surface area (Å²) in [5.41, 5.74) is 0.418. The van der Waals surface area contributed by atoms with Gasteiger partial charge in [0.2, 0.25) is 5.91 Å². The predicted octanol–water partition coefficient (Wildman–Crippen LogP) is 2.48. The van der Waals surface area contributed by atoms with Crippen LogP contribution in [0.25, 0.3) is 0 Å². The molecule has 0 fully saturated rings. The molecule has 0 spiro atoms. The molecule has 2 N–H and O–H groups in total. The number of nitrogens with zero attached hydrogens (tertiary/aromatic N) is 1. The molecule has 1 aromatic rings. The highest BCUT2D eigenvalue weighted by Gasteiger charge is 2.15. The van der Waals surface area contributed by atoms with Crippen LogP contribution in [0, 0.1) is 5.82 Å². The average molecular weight is 310 g/mol. The van der Waals surface area contributed by atoms with E-state index < -0.39 is 11.9 Å². The number of aliphatic hydroxyl groups excluding tert-OH is 1. The standard InChI is InChI=1S/C17H27FN2O2/c1-12(2)20(13(3)4)9-8-19-17(22)11-16(21)14-6-5-7-15(18)10-14/h5-7,10,12-13,16,21H,8-9,11H2,1-4H3,(H,19,22). The van der Waals surface area contributed by atoms with E-state index in [4.69, 9.17) is 0 Å². The minimum atomic E-state index is -0.984. The molecule has 1 amide bonds. The number of nitrogens with one attached hydrogen (secondary N) is 1. The minimum Gasteiger partial charge on any atom is -0.388 e. The fraction of sp³-hybridized carbons (Fsp3) is 0.588. The van der Waals surface area contributed by atoms with Crippen LogP contribution in [0.1, 0.15) is 45.8 Å². The Morgan fingerprint density at radius 3 is 2.45 bits per heavy atom. The molecule has 0 saturated carbocycles. The van der Waals surface area contributed by atoms with Crippen molar-refractivity contribution in [3.05, 3.63) is 35.6 Å². The van der Waals surface area contributed by atoms with E-state index >= 15 is 0 Å². The summed E-state index contributed by atoms with van der Waals surface area (Å²) in [5.74, 6) is -0.648. The Kier molecular flexibility index (Phi) is 7.48. The first-order valence-corrected chi connectivity index (χ1v) is 7.77. The van der Waals surface area contributed by atoms with Gasteiger partial charge in [-0.25, -0.2) is 4.39 Å². The van der Waals surface area contributed by atoms with Crippen LogP contribution in [0.15, 0.2) is 24.3 Å². The number of benzene rings is 1. The fourth-order valence-corrected chi connectivity index (χ4v) is 2.52. The van der Waals surface area contributed by atoms with Crippen molar-refractivity contribution in [1.29, 1.82) is 0 Å². The number of aliphatic hydroxyl groups is 1. The third-order valence-corrected chi connectivity index (χ3v) is 3.63. The second-order valence-electron chi connectivity index (χ2n) is 6.05. The highest BCUT2D eigenvalue weighted by Crippen LogP contribution is 2.17. The summed E-state index contributed by atoms with van der Waals surface area (Å²) >= 11 is 0. The van der Waals surface area contributed by atoms with E-state index in [1.807, 2.05) is 0 Å². The van der Waals surface area contributed by atoms with Crippen molar-refractivity contribution in [2.45, 2.75) is 52.3 Å². The van der Waals surface area contributed by atoms with Crippen molar-refractivity contribution in [2.75, 3.05) is 13.1 Å². The van der Waals surface area contributed by atoms with Crippen LogP contribution in [0.4, 0.5) is 4.39 Å². The van der Waals surface area contributed by atoms with Crippen molar-refractivity contribution < 1.29 is 14.3 Å². The summed E-state index contributed by atoms with van der Waals surface area (Å²) in [7, 11) is 0. The highest BCUT2D eigenvalue weighted by molar-refractivity contribution is 5.76. The lowest BCUT2D eigenvalue weighted by molar-refractivity contribution is -0.123. The van der Waals surface area contributed by atoms with E-state index in [0.717, 1.165) is 6.54 Å². The van der Waals surface area contributed by atoms with Gasteiger partial charge in [0.15, 0.2) is 0 Å². The first-order chi connectivity index (χ1) is 10.3. The second-order valence-corrected chi connectivity index (χ2v) is 6.05. The van der Waals surface area contributed by atoms with E-state index in [-0.39, 0.29) is 12.3 Å². The number of hydrogen-bond acceptors (Lipinski definition) is 3. The zero-order chi connectivity index (χ0) is 16.7. The molecule has 0 aliphatic carbocycles. The zero-order valence-electron chi connectivity index (χ0n) is 13.8. The van der Waals surface area contributed by atoms with Crippen molar-refractivity contribution in [3.63, 3.8) is 0 Å². The smallest absolute Gasteiger partial charge is 0.223 e. The van der Waals surface area contributed by atoms with Gasteiger partial charge in [0.05, 0.1) is 12.5 Å². The number of carbonyl (C=O) groups excluding carboxylic acids is 1. The van der Waals surface area contributed by atoms with E-state index in [2.05, 4.69) is 37.9 Å². The van der Waals surface area contributed by atoms with Gasteiger partial charge in [-0.15, -0.1) is 0 Å². The molecular formula is C17H27FN2O2. The lowest BCUT2D eigenvalue weighted by Gasteiger charge is -2.30. The van der Waals surface area contributed by atoms with Crippen LogP contribution in [0.5, 0.6) is 0 Å². The number of halogens is 1. The first kappa shape index (κ1) is 18.6. The average Bonchev–Trinajstić information content (AvgIpc) is 2.42. The van der Waals surface area contributed by atoms with E-state index in [9.17, 15) is 14.3 Å². The molecule has 0 bridgehead atoms. The van der Waals surface area contributed by atoms with Crippen LogP contribution in [0.2, 0.25) is 0 Å². The zero-order valence-corrected chi connectivity index (χ0v) is 13.8. The van der Waals surface area contributed by atoms with Crippen molar-refractivity contribution in [1.82, 2.24) is 10.2 Å². The molecule has 0 aromatic heterocycles. The van der Waals surface area contributed by atoms with E-state index in [1.54, 1.807) is 6.07 Å². The summed E-state index contributed by atoms with van der Waals surface area (Å²) in [5, 5.41) is 12.8. The van der Waals surface area contributed by atoms with Gasteiger partial charge in [-0.05, 0) is 45.4 Å². The molecule has 1 aromatic carbocycles. The van der Waals surface area contributed by atoms with Gasteiger partial charge in [0.1, 0.15) is 5.82 Å². The predicted molar refractivity (Wildman–Crippen MR) is 86.0 cm³/mol. The van der Waals surface area contributed by atoms with E-state index in [0.29, 0.717) is 24.2 Å². The molecule has 4 nitrogen and oxygen atoms in total. The molecule has 1 atom stereocenters. The molecule has 5 heteroatoms. The molecular weight excluding hydrogens is 283 g/mol. The Balaban J connectivity index is 2.40. The first-order valence-electron chi connectivity index (χ1n) is 7.77.